The number of nitrogens with zero attached hydrogens (tertiary/aromatic N) is 1. The van der Waals surface area contributed by atoms with Crippen LogP contribution in [0, 0.1) is 0 Å². The molecule has 0 aromatic heterocycles. The fourth-order valence-corrected chi connectivity index (χ4v) is 3.43. The molecule has 0 spiro atoms. The summed E-state index contributed by atoms with van der Waals surface area (Å²) < 4.78 is 5.39. The molecule has 28 heavy (non-hydrogen) atoms. The van der Waals surface area contributed by atoms with Crippen molar-refractivity contribution in [3.63, 3.8) is 0 Å². The van der Waals surface area contributed by atoms with Crippen LogP contribution in [-0.4, -0.2) is 37.1 Å². The Morgan fingerprint density at radius 1 is 0.929 bits per heavy atom. The number of benzene rings is 2. The molecule has 0 bridgehead atoms. The van der Waals surface area contributed by atoms with E-state index in [1.54, 1.807) is 0 Å². The molecule has 3 rings (SSSR count). The lowest BCUT2D eigenvalue weighted by molar-refractivity contribution is -0.120. The van der Waals surface area contributed by atoms with Crippen LogP contribution in [0.4, 0.5) is 0 Å². The van der Waals surface area contributed by atoms with Crippen LogP contribution in [0.3, 0.4) is 0 Å². The Bertz CT molecular complexity index is 719. The zero-order valence-electron chi connectivity index (χ0n) is 17.0. The molecule has 1 N–H and O–H groups in total. The summed E-state index contributed by atoms with van der Waals surface area (Å²) in [6, 6.07) is 17.0. The van der Waals surface area contributed by atoms with Gasteiger partial charge in [0.1, 0.15) is 0 Å². The third kappa shape index (κ3) is 6.77. The van der Waals surface area contributed by atoms with Gasteiger partial charge in [-0.05, 0) is 35.1 Å². The van der Waals surface area contributed by atoms with E-state index in [9.17, 15) is 4.79 Å². The lowest BCUT2D eigenvalue weighted by Gasteiger charge is -2.26. The molecule has 0 saturated carbocycles. The molecular formula is C24H32N2O2. The first kappa shape index (κ1) is 20.6. The topological polar surface area (TPSA) is 41.6 Å². The Morgan fingerprint density at radius 3 is 2.21 bits per heavy atom. The minimum Gasteiger partial charge on any atom is -0.379 e. The molecule has 1 heterocycles. The van der Waals surface area contributed by atoms with Crippen LogP contribution in [0.25, 0.3) is 0 Å². The van der Waals surface area contributed by atoms with Crippen molar-refractivity contribution in [2.75, 3.05) is 26.3 Å². The van der Waals surface area contributed by atoms with E-state index in [1.807, 2.05) is 0 Å². The van der Waals surface area contributed by atoms with E-state index in [1.165, 1.54) is 24.0 Å². The summed E-state index contributed by atoms with van der Waals surface area (Å²) in [5.41, 5.74) is 4.86. The summed E-state index contributed by atoms with van der Waals surface area (Å²) in [7, 11) is 0. The first-order valence-electron chi connectivity index (χ1n) is 10.5. The fraction of sp³-hybridized carbons (Fsp3) is 0.458. The van der Waals surface area contributed by atoms with Crippen LogP contribution < -0.4 is 5.32 Å². The number of carbonyl (C=O) groups is 1. The molecule has 1 amide bonds. The maximum absolute atomic E-state index is 12.2. The van der Waals surface area contributed by atoms with E-state index in [-0.39, 0.29) is 5.91 Å². The Labute approximate surface area is 168 Å². The zero-order chi connectivity index (χ0) is 19.6. The van der Waals surface area contributed by atoms with Gasteiger partial charge in [-0.15, -0.1) is 0 Å². The molecule has 150 valence electrons. The molecular weight excluding hydrogens is 348 g/mol. The van der Waals surface area contributed by atoms with Gasteiger partial charge in [-0.2, -0.15) is 0 Å². The van der Waals surface area contributed by atoms with Crippen LogP contribution in [0.2, 0.25) is 0 Å². The molecule has 0 aliphatic carbocycles. The molecule has 2 aromatic carbocycles. The Kier molecular flexibility index (Phi) is 8.07. The van der Waals surface area contributed by atoms with Crippen molar-refractivity contribution >= 4 is 5.91 Å². The van der Waals surface area contributed by atoms with Gasteiger partial charge < -0.3 is 10.1 Å². The van der Waals surface area contributed by atoms with E-state index in [4.69, 9.17) is 4.74 Å². The van der Waals surface area contributed by atoms with Crippen molar-refractivity contribution in [1.29, 1.82) is 0 Å². The average molecular weight is 381 g/mol. The average Bonchev–Trinajstić information content (AvgIpc) is 2.73. The van der Waals surface area contributed by atoms with Crippen molar-refractivity contribution in [3.8, 4) is 0 Å². The van der Waals surface area contributed by atoms with Gasteiger partial charge in [-0.1, -0.05) is 61.9 Å². The van der Waals surface area contributed by atoms with E-state index in [2.05, 4.69) is 65.7 Å². The van der Waals surface area contributed by atoms with Gasteiger partial charge in [0.05, 0.1) is 19.6 Å². The van der Waals surface area contributed by atoms with Crippen LogP contribution in [0.5, 0.6) is 0 Å². The summed E-state index contributed by atoms with van der Waals surface area (Å²) in [4.78, 5) is 14.7. The monoisotopic (exact) mass is 380 g/mol. The number of unbranched alkanes of at least 4 members (excludes halogenated alkanes) is 1. The molecule has 1 aliphatic heterocycles. The fourth-order valence-electron chi connectivity index (χ4n) is 3.43. The highest BCUT2D eigenvalue weighted by molar-refractivity contribution is 5.78. The number of ether oxygens (including phenoxy) is 1. The second-order valence-corrected chi connectivity index (χ2v) is 7.58. The minimum absolute atomic E-state index is 0.0682. The second kappa shape index (κ2) is 11.0. The van der Waals surface area contributed by atoms with Crippen LogP contribution >= 0.6 is 0 Å². The number of hydrogen-bond acceptors (Lipinski definition) is 3. The third-order valence-electron chi connectivity index (χ3n) is 5.23. The Balaban J connectivity index is 1.41. The van der Waals surface area contributed by atoms with E-state index >= 15 is 0 Å². The van der Waals surface area contributed by atoms with Crippen molar-refractivity contribution in [3.05, 3.63) is 70.8 Å². The smallest absolute Gasteiger partial charge is 0.224 e. The SMILES string of the molecule is CCCCc1ccc(CC(=O)NCc2ccc(CN3CCOCC3)cc2)cc1. The summed E-state index contributed by atoms with van der Waals surface area (Å²) >= 11 is 0. The largest absolute Gasteiger partial charge is 0.379 e. The van der Waals surface area contributed by atoms with Crippen LogP contribution in [0.15, 0.2) is 48.5 Å². The number of carbonyl (C=O) groups excluding carboxylic acids is 1. The molecule has 1 saturated heterocycles. The van der Waals surface area contributed by atoms with Crippen LogP contribution in [0.1, 0.15) is 42.0 Å². The number of aryl methyl sites for hydroxylation is 1. The maximum atomic E-state index is 12.2. The lowest BCUT2D eigenvalue weighted by atomic mass is 10.0. The van der Waals surface area contributed by atoms with Crippen molar-refractivity contribution in [2.45, 2.75) is 45.7 Å². The standard InChI is InChI=1S/C24H32N2O2/c1-2-3-4-20-5-7-21(8-6-20)17-24(27)25-18-22-9-11-23(12-10-22)19-26-13-15-28-16-14-26/h5-12H,2-4,13-19H2,1H3,(H,25,27). The zero-order valence-corrected chi connectivity index (χ0v) is 17.0. The molecule has 1 fully saturated rings. The van der Waals surface area contributed by atoms with Gasteiger partial charge in [0.25, 0.3) is 0 Å². The normalized spacial score (nSPS) is 14.8. The Hall–Kier alpha value is -2.17. The number of amides is 1. The molecule has 2 aromatic rings. The highest BCUT2D eigenvalue weighted by Gasteiger charge is 2.10. The van der Waals surface area contributed by atoms with Gasteiger partial charge in [-0.25, -0.2) is 0 Å². The van der Waals surface area contributed by atoms with E-state index in [0.29, 0.717) is 13.0 Å². The molecule has 1 aliphatic rings. The minimum atomic E-state index is 0.0682. The predicted molar refractivity (Wildman–Crippen MR) is 113 cm³/mol. The number of morpholine rings is 1. The molecule has 0 radical (unpaired) electrons. The number of rotatable bonds is 9. The maximum Gasteiger partial charge on any atom is 0.224 e. The number of hydrogen-bond donors (Lipinski definition) is 1. The number of nitrogens with one attached hydrogen (secondary N) is 1. The molecule has 4 nitrogen and oxygen atoms in total. The summed E-state index contributed by atoms with van der Waals surface area (Å²) in [5, 5.41) is 3.03. The molecule has 4 heteroatoms. The van der Waals surface area contributed by atoms with Gasteiger partial charge in [-0.3, -0.25) is 9.69 Å². The molecule has 0 unspecified atom stereocenters. The Morgan fingerprint density at radius 2 is 1.54 bits per heavy atom. The summed E-state index contributed by atoms with van der Waals surface area (Å²) in [6.07, 6.45) is 3.97. The van der Waals surface area contributed by atoms with E-state index < -0.39 is 0 Å². The lowest BCUT2D eigenvalue weighted by Crippen LogP contribution is -2.35. The van der Waals surface area contributed by atoms with Crippen molar-refractivity contribution < 1.29 is 9.53 Å². The first-order valence-corrected chi connectivity index (χ1v) is 10.5. The van der Waals surface area contributed by atoms with Gasteiger partial charge in [0.2, 0.25) is 5.91 Å². The van der Waals surface area contributed by atoms with E-state index in [0.717, 1.165) is 50.4 Å². The predicted octanol–water partition coefficient (Wildman–Crippen LogP) is 3.72. The highest BCUT2D eigenvalue weighted by Crippen LogP contribution is 2.10. The van der Waals surface area contributed by atoms with Crippen molar-refractivity contribution in [1.82, 2.24) is 10.2 Å². The molecule has 0 atom stereocenters. The van der Waals surface area contributed by atoms with Gasteiger partial charge >= 0.3 is 0 Å². The quantitative estimate of drug-likeness (QED) is 0.721. The summed E-state index contributed by atoms with van der Waals surface area (Å²) in [5.74, 6) is 0.0682. The first-order chi connectivity index (χ1) is 13.7. The van der Waals surface area contributed by atoms with Gasteiger partial charge in [0, 0.05) is 26.2 Å². The van der Waals surface area contributed by atoms with Crippen molar-refractivity contribution in [2.24, 2.45) is 0 Å². The highest BCUT2D eigenvalue weighted by atomic mass is 16.5. The third-order valence-corrected chi connectivity index (χ3v) is 5.23. The summed E-state index contributed by atoms with van der Waals surface area (Å²) in [6.45, 7) is 7.39. The van der Waals surface area contributed by atoms with Gasteiger partial charge in [0.15, 0.2) is 0 Å². The second-order valence-electron chi connectivity index (χ2n) is 7.58. The van der Waals surface area contributed by atoms with Crippen LogP contribution in [-0.2, 0) is 35.5 Å².